The molecule has 0 bridgehead atoms. The van der Waals surface area contributed by atoms with Gasteiger partial charge < -0.3 is 11.1 Å². The van der Waals surface area contributed by atoms with E-state index < -0.39 is 5.91 Å². The molecule has 0 spiro atoms. The third kappa shape index (κ3) is 2.95. The third-order valence-corrected chi connectivity index (χ3v) is 2.85. The van der Waals surface area contributed by atoms with Crippen molar-refractivity contribution in [2.24, 2.45) is 11.7 Å². The average Bonchev–Trinajstić information content (AvgIpc) is 3.08. The van der Waals surface area contributed by atoms with Crippen LogP contribution in [0.5, 0.6) is 0 Å². The van der Waals surface area contributed by atoms with E-state index in [1.807, 2.05) is 0 Å². The van der Waals surface area contributed by atoms with Crippen LogP contribution in [0.15, 0.2) is 18.3 Å². The van der Waals surface area contributed by atoms with Crippen LogP contribution < -0.4 is 11.1 Å². The standard InChI is InChI=1S/C12H17N3O/c13-11(16)10-4-2-8-15-12(10)14-7-1-3-9-5-6-9/h2,4,8-9H,1,3,5-7H2,(H2,13,16)(H,14,15). The monoisotopic (exact) mass is 219 g/mol. The molecule has 0 saturated heterocycles. The van der Waals surface area contributed by atoms with Crippen molar-refractivity contribution >= 4 is 11.7 Å². The lowest BCUT2D eigenvalue weighted by Gasteiger charge is -2.07. The quantitative estimate of drug-likeness (QED) is 0.717. The summed E-state index contributed by atoms with van der Waals surface area (Å²) >= 11 is 0. The first-order valence-electron chi connectivity index (χ1n) is 5.76. The fourth-order valence-electron chi connectivity index (χ4n) is 1.75. The second-order valence-corrected chi connectivity index (χ2v) is 4.28. The lowest BCUT2D eigenvalue weighted by Crippen LogP contribution is -2.15. The molecule has 1 amide bonds. The van der Waals surface area contributed by atoms with Gasteiger partial charge in [-0.1, -0.05) is 12.8 Å². The van der Waals surface area contributed by atoms with E-state index in [-0.39, 0.29) is 0 Å². The predicted octanol–water partition coefficient (Wildman–Crippen LogP) is 1.78. The Balaban J connectivity index is 1.84. The molecule has 0 radical (unpaired) electrons. The summed E-state index contributed by atoms with van der Waals surface area (Å²) in [6.07, 6.45) is 6.83. The highest BCUT2D eigenvalue weighted by Crippen LogP contribution is 2.33. The summed E-state index contributed by atoms with van der Waals surface area (Å²) in [6, 6.07) is 3.41. The summed E-state index contributed by atoms with van der Waals surface area (Å²) in [5.74, 6) is 1.12. The Morgan fingerprint density at radius 2 is 2.38 bits per heavy atom. The molecule has 0 atom stereocenters. The molecule has 1 aromatic rings. The zero-order valence-corrected chi connectivity index (χ0v) is 9.28. The van der Waals surface area contributed by atoms with Gasteiger partial charge >= 0.3 is 0 Å². The number of pyridine rings is 1. The number of hydrogen-bond acceptors (Lipinski definition) is 3. The first-order chi connectivity index (χ1) is 7.77. The molecule has 1 aliphatic carbocycles. The number of nitrogens with two attached hydrogens (primary N) is 1. The van der Waals surface area contributed by atoms with Crippen LogP contribution in [-0.4, -0.2) is 17.4 Å². The highest BCUT2D eigenvalue weighted by Gasteiger charge is 2.20. The van der Waals surface area contributed by atoms with Crippen LogP contribution >= 0.6 is 0 Å². The van der Waals surface area contributed by atoms with Crippen LogP contribution in [0.4, 0.5) is 5.82 Å². The molecule has 4 heteroatoms. The number of hydrogen-bond donors (Lipinski definition) is 2. The van der Waals surface area contributed by atoms with Gasteiger partial charge in [-0.3, -0.25) is 4.79 Å². The van der Waals surface area contributed by atoms with Crippen molar-refractivity contribution in [1.29, 1.82) is 0 Å². The van der Waals surface area contributed by atoms with Gasteiger partial charge in [0.05, 0.1) is 5.56 Å². The first-order valence-corrected chi connectivity index (χ1v) is 5.76. The minimum Gasteiger partial charge on any atom is -0.369 e. The fourth-order valence-corrected chi connectivity index (χ4v) is 1.75. The molecular weight excluding hydrogens is 202 g/mol. The molecule has 1 aromatic heterocycles. The van der Waals surface area contributed by atoms with Gasteiger partial charge in [-0.2, -0.15) is 0 Å². The molecule has 0 aliphatic heterocycles. The number of rotatable bonds is 6. The van der Waals surface area contributed by atoms with Gasteiger partial charge in [0.15, 0.2) is 0 Å². The molecule has 1 fully saturated rings. The Morgan fingerprint density at radius 3 is 3.06 bits per heavy atom. The molecule has 16 heavy (non-hydrogen) atoms. The number of nitrogens with one attached hydrogen (secondary N) is 1. The van der Waals surface area contributed by atoms with Crippen LogP contribution in [0, 0.1) is 5.92 Å². The maximum atomic E-state index is 11.1. The van der Waals surface area contributed by atoms with Crippen LogP contribution in [0.2, 0.25) is 0 Å². The Morgan fingerprint density at radius 1 is 1.56 bits per heavy atom. The lowest BCUT2D eigenvalue weighted by molar-refractivity contribution is 0.100. The predicted molar refractivity (Wildman–Crippen MR) is 63.2 cm³/mol. The zero-order valence-electron chi connectivity index (χ0n) is 9.28. The number of amides is 1. The minimum absolute atomic E-state index is 0.433. The van der Waals surface area contributed by atoms with Crippen LogP contribution in [0.25, 0.3) is 0 Å². The Labute approximate surface area is 95.3 Å². The molecule has 4 nitrogen and oxygen atoms in total. The molecule has 2 rings (SSSR count). The van der Waals surface area contributed by atoms with E-state index in [0.29, 0.717) is 11.4 Å². The second-order valence-electron chi connectivity index (χ2n) is 4.28. The molecule has 1 heterocycles. The van der Waals surface area contributed by atoms with E-state index >= 15 is 0 Å². The van der Waals surface area contributed by atoms with E-state index in [4.69, 9.17) is 5.73 Å². The minimum atomic E-state index is -0.433. The van der Waals surface area contributed by atoms with Crippen molar-refractivity contribution in [1.82, 2.24) is 4.98 Å². The van der Waals surface area contributed by atoms with E-state index in [2.05, 4.69) is 10.3 Å². The highest BCUT2D eigenvalue weighted by atomic mass is 16.1. The third-order valence-electron chi connectivity index (χ3n) is 2.85. The van der Waals surface area contributed by atoms with Crippen molar-refractivity contribution in [3.05, 3.63) is 23.9 Å². The topological polar surface area (TPSA) is 68.0 Å². The second kappa shape index (κ2) is 4.96. The lowest BCUT2D eigenvalue weighted by atomic mass is 10.2. The van der Waals surface area contributed by atoms with E-state index in [9.17, 15) is 4.79 Å². The molecular formula is C12H17N3O. The zero-order chi connectivity index (χ0) is 11.4. The Kier molecular flexibility index (Phi) is 3.39. The summed E-state index contributed by atoms with van der Waals surface area (Å²) in [5.41, 5.74) is 5.72. The maximum Gasteiger partial charge on any atom is 0.252 e. The van der Waals surface area contributed by atoms with E-state index in [0.717, 1.165) is 18.9 Å². The highest BCUT2D eigenvalue weighted by molar-refractivity contribution is 5.97. The summed E-state index contributed by atoms with van der Waals surface area (Å²) in [5, 5.41) is 3.17. The van der Waals surface area contributed by atoms with Gasteiger partial charge in [0, 0.05) is 12.7 Å². The van der Waals surface area contributed by atoms with E-state index in [1.165, 1.54) is 19.3 Å². The molecule has 0 aromatic carbocycles. The van der Waals surface area contributed by atoms with Crippen molar-refractivity contribution in [2.75, 3.05) is 11.9 Å². The molecule has 3 N–H and O–H groups in total. The maximum absolute atomic E-state index is 11.1. The molecule has 1 saturated carbocycles. The van der Waals surface area contributed by atoms with Crippen LogP contribution in [0.1, 0.15) is 36.0 Å². The smallest absolute Gasteiger partial charge is 0.252 e. The number of carbonyl (C=O) groups excluding carboxylic acids is 1. The average molecular weight is 219 g/mol. The number of nitrogens with zero attached hydrogens (tertiary/aromatic N) is 1. The fraction of sp³-hybridized carbons (Fsp3) is 0.500. The van der Waals surface area contributed by atoms with Gasteiger partial charge in [0.2, 0.25) is 0 Å². The van der Waals surface area contributed by atoms with Gasteiger partial charge in [-0.25, -0.2) is 4.98 Å². The van der Waals surface area contributed by atoms with Gasteiger partial charge in [-0.05, 0) is 30.9 Å². The number of anilines is 1. The molecule has 1 aliphatic rings. The van der Waals surface area contributed by atoms with Gasteiger partial charge in [-0.15, -0.1) is 0 Å². The Bertz CT molecular complexity index is 374. The number of carbonyl (C=O) groups is 1. The van der Waals surface area contributed by atoms with Gasteiger partial charge in [0.25, 0.3) is 5.91 Å². The van der Waals surface area contributed by atoms with Gasteiger partial charge in [0.1, 0.15) is 5.82 Å². The van der Waals surface area contributed by atoms with Crippen LogP contribution in [0.3, 0.4) is 0 Å². The number of aromatic nitrogens is 1. The summed E-state index contributed by atoms with van der Waals surface area (Å²) < 4.78 is 0. The van der Waals surface area contributed by atoms with Crippen molar-refractivity contribution in [3.8, 4) is 0 Å². The SMILES string of the molecule is NC(=O)c1cccnc1NCCCC1CC1. The Hall–Kier alpha value is -1.58. The first kappa shape index (κ1) is 10.9. The van der Waals surface area contributed by atoms with Crippen molar-refractivity contribution in [3.63, 3.8) is 0 Å². The molecule has 86 valence electrons. The molecule has 0 unspecified atom stereocenters. The van der Waals surface area contributed by atoms with Crippen LogP contribution in [-0.2, 0) is 0 Å². The summed E-state index contributed by atoms with van der Waals surface area (Å²) in [7, 11) is 0. The van der Waals surface area contributed by atoms with Crippen molar-refractivity contribution in [2.45, 2.75) is 25.7 Å². The largest absolute Gasteiger partial charge is 0.369 e. The van der Waals surface area contributed by atoms with Crippen molar-refractivity contribution < 1.29 is 4.79 Å². The normalized spacial score (nSPS) is 14.8. The number of primary amides is 1. The summed E-state index contributed by atoms with van der Waals surface area (Å²) in [4.78, 5) is 15.2. The summed E-state index contributed by atoms with van der Waals surface area (Å²) in [6.45, 7) is 0.855. The van der Waals surface area contributed by atoms with E-state index in [1.54, 1.807) is 18.3 Å².